The van der Waals surface area contributed by atoms with Crippen LogP contribution < -0.4 is 5.73 Å². The molecule has 0 amide bonds. The van der Waals surface area contributed by atoms with E-state index in [1.54, 1.807) is 0 Å². The highest BCUT2D eigenvalue weighted by Crippen LogP contribution is 2.14. The Morgan fingerprint density at radius 3 is 2.21 bits per heavy atom. The first-order valence-electron chi connectivity index (χ1n) is 5.22. The Bertz CT molecular complexity index is 189. The lowest BCUT2D eigenvalue weighted by atomic mass is 9.95. The molecule has 0 bridgehead atoms. The number of nitrogens with two attached hydrogens (primary N) is 1. The molecule has 0 saturated carbocycles. The Labute approximate surface area is 88.4 Å². The van der Waals surface area contributed by atoms with Crippen molar-refractivity contribution in [2.45, 2.75) is 40.2 Å². The Morgan fingerprint density at radius 1 is 1.36 bits per heavy atom. The minimum absolute atomic E-state index is 0.00756. The third-order valence-corrected chi connectivity index (χ3v) is 2.12. The zero-order chi connectivity index (χ0) is 11.4. The van der Waals surface area contributed by atoms with Gasteiger partial charge < -0.3 is 10.6 Å². The maximum atomic E-state index is 5.89. The van der Waals surface area contributed by atoms with Gasteiger partial charge in [-0.25, -0.2) is 0 Å². The average Bonchev–Trinajstić information content (AvgIpc) is 1.99. The second-order valence-corrected chi connectivity index (χ2v) is 5.21. The van der Waals surface area contributed by atoms with Crippen LogP contribution in [0.3, 0.4) is 0 Å². The lowest BCUT2D eigenvalue weighted by Gasteiger charge is -2.20. The predicted molar refractivity (Wildman–Crippen MR) is 63.7 cm³/mol. The number of hydrogen-bond donors (Lipinski definition) is 1. The Balaban J connectivity index is 4.09. The van der Waals surface area contributed by atoms with E-state index in [0.29, 0.717) is 6.04 Å². The van der Waals surface area contributed by atoms with Crippen LogP contribution in [0, 0.1) is 5.41 Å². The van der Waals surface area contributed by atoms with Gasteiger partial charge in [-0.1, -0.05) is 20.8 Å². The Hall–Kier alpha value is -0.570. The van der Waals surface area contributed by atoms with Crippen LogP contribution in [0.25, 0.3) is 0 Å². The third-order valence-electron chi connectivity index (χ3n) is 2.12. The molecule has 0 spiro atoms. The van der Waals surface area contributed by atoms with E-state index in [1.165, 1.54) is 0 Å². The second kappa shape index (κ2) is 5.35. The molecule has 3 heteroatoms. The molecular formula is C11H25N3. The van der Waals surface area contributed by atoms with Crippen molar-refractivity contribution in [1.82, 2.24) is 4.90 Å². The van der Waals surface area contributed by atoms with E-state index in [2.05, 4.69) is 51.7 Å². The van der Waals surface area contributed by atoms with Crippen molar-refractivity contribution in [2.75, 3.05) is 20.6 Å². The summed E-state index contributed by atoms with van der Waals surface area (Å²) >= 11 is 0. The first-order valence-corrected chi connectivity index (χ1v) is 5.22. The van der Waals surface area contributed by atoms with E-state index in [1.807, 2.05) is 0 Å². The van der Waals surface area contributed by atoms with Gasteiger partial charge in [0.25, 0.3) is 0 Å². The van der Waals surface area contributed by atoms with Gasteiger partial charge >= 0.3 is 0 Å². The fourth-order valence-electron chi connectivity index (χ4n) is 0.941. The molecule has 84 valence electrons. The fraction of sp³-hybridized carbons (Fsp3) is 0.909. The van der Waals surface area contributed by atoms with Gasteiger partial charge in [0.05, 0.1) is 11.9 Å². The van der Waals surface area contributed by atoms with E-state index in [4.69, 9.17) is 5.73 Å². The molecule has 0 heterocycles. The number of aliphatic imine (C=N–C) groups is 1. The lowest BCUT2D eigenvalue weighted by Crippen LogP contribution is -2.30. The molecule has 0 saturated heterocycles. The summed E-state index contributed by atoms with van der Waals surface area (Å²) < 4.78 is 0. The highest BCUT2D eigenvalue weighted by Gasteiger charge is 2.16. The standard InChI is InChI=1S/C11H25N3/c1-9(7-8-14(5)6)13-10(12)11(2,3)4/h9H,7-8H2,1-6H3,(H2,12,13). The topological polar surface area (TPSA) is 41.6 Å². The first-order chi connectivity index (χ1) is 6.23. The molecule has 0 aromatic rings. The van der Waals surface area contributed by atoms with Crippen LogP contribution in [0.4, 0.5) is 0 Å². The van der Waals surface area contributed by atoms with Crippen LogP contribution in [0.2, 0.25) is 0 Å². The third kappa shape index (κ3) is 5.97. The molecule has 0 aromatic carbocycles. The van der Waals surface area contributed by atoms with Crippen molar-refractivity contribution < 1.29 is 0 Å². The van der Waals surface area contributed by atoms with Crippen molar-refractivity contribution >= 4 is 5.84 Å². The van der Waals surface area contributed by atoms with Crippen LogP contribution in [-0.2, 0) is 0 Å². The van der Waals surface area contributed by atoms with Crippen LogP contribution in [-0.4, -0.2) is 37.4 Å². The first kappa shape index (κ1) is 13.4. The number of hydrogen-bond acceptors (Lipinski definition) is 2. The summed E-state index contributed by atoms with van der Waals surface area (Å²) in [6.45, 7) is 9.43. The highest BCUT2D eigenvalue weighted by molar-refractivity contribution is 5.85. The lowest BCUT2D eigenvalue weighted by molar-refractivity contribution is 0.385. The molecule has 1 unspecified atom stereocenters. The van der Waals surface area contributed by atoms with E-state index < -0.39 is 0 Å². The fourth-order valence-corrected chi connectivity index (χ4v) is 0.941. The van der Waals surface area contributed by atoms with Crippen LogP contribution in [0.5, 0.6) is 0 Å². The normalized spacial score (nSPS) is 16.1. The van der Waals surface area contributed by atoms with Crippen molar-refractivity contribution in [2.24, 2.45) is 16.1 Å². The molecule has 0 aliphatic heterocycles. The van der Waals surface area contributed by atoms with Crippen LogP contribution in [0.15, 0.2) is 4.99 Å². The minimum Gasteiger partial charge on any atom is -0.387 e. The molecule has 0 radical (unpaired) electrons. The van der Waals surface area contributed by atoms with Gasteiger partial charge in [0.15, 0.2) is 0 Å². The molecule has 14 heavy (non-hydrogen) atoms. The smallest absolute Gasteiger partial charge is 0.0994 e. The summed E-state index contributed by atoms with van der Waals surface area (Å²) in [5, 5.41) is 0. The molecule has 0 aliphatic carbocycles. The molecule has 0 fully saturated rings. The zero-order valence-electron chi connectivity index (χ0n) is 10.5. The maximum absolute atomic E-state index is 5.89. The largest absolute Gasteiger partial charge is 0.387 e. The minimum atomic E-state index is -0.00756. The SMILES string of the molecule is CC(CCN(C)C)N=C(N)C(C)(C)C. The van der Waals surface area contributed by atoms with Gasteiger partial charge in [-0.2, -0.15) is 0 Å². The Morgan fingerprint density at radius 2 is 1.86 bits per heavy atom. The van der Waals surface area contributed by atoms with Gasteiger partial charge in [-0.15, -0.1) is 0 Å². The van der Waals surface area contributed by atoms with Crippen molar-refractivity contribution in [3.63, 3.8) is 0 Å². The quantitative estimate of drug-likeness (QED) is 0.553. The number of amidine groups is 1. The van der Waals surface area contributed by atoms with Crippen molar-refractivity contribution in [1.29, 1.82) is 0 Å². The van der Waals surface area contributed by atoms with Gasteiger partial charge in [0, 0.05) is 5.41 Å². The summed E-state index contributed by atoms with van der Waals surface area (Å²) in [4.78, 5) is 6.65. The van der Waals surface area contributed by atoms with Crippen LogP contribution >= 0.6 is 0 Å². The summed E-state index contributed by atoms with van der Waals surface area (Å²) in [6, 6.07) is 0.316. The maximum Gasteiger partial charge on any atom is 0.0994 e. The summed E-state index contributed by atoms with van der Waals surface area (Å²) in [6.07, 6.45) is 1.06. The number of rotatable bonds is 4. The summed E-state index contributed by atoms with van der Waals surface area (Å²) in [7, 11) is 4.15. The monoisotopic (exact) mass is 199 g/mol. The van der Waals surface area contributed by atoms with Gasteiger partial charge in [-0.3, -0.25) is 4.99 Å². The number of nitrogens with zero attached hydrogens (tertiary/aromatic N) is 2. The average molecular weight is 199 g/mol. The van der Waals surface area contributed by atoms with E-state index in [9.17, 15) is 0 Å². The summed E-state index contributed by atoms with van der Waals surface area (Å²) in [5.41, 5.74) is 5.89. The van der Waals surface area contributed by atoms with Gasteiger partial charge in [0.2, 0.25) is 0 Å². The van der Waals surface area contributed by atoms with Crippen molar-refractivity contribution in [3.8, 4) is 0 Å². The highest BCUT2D eigenvalue weighted by atomic mass is 15.1. The molecule has 2 N–H and O–H groups in total. The molecular weight excluding hydrogens is 174 g/mol. The van der Waals surface area contributed by atoms with Gasteiger partial charge in [0.1, 0.15) is 0 Å². The Kier molecular flexibility index (Phi) is 5.13. The van der Waals surface area contributed by atoms with E-state index in [-0.39, 0.29) is 5.41 Å². The van der Waals surface area contributed by atoms with E-state index >= 15 is 0 Å². The molecule has 0 rings (SSSR count). The molecule has 1 atom stereocenters. The molecule has 0 aliphatic rings. The zero-order valence-corrected chi connectivity index (χ0v) is 10.5. The van der Waals surface area contributed by atoms with E-state index in [0.717, 1.165) is 18.8 Å². The molecule has 3 nitrogen and oxygen atoms in total. The molecule has 0 aromatic heterocycles. The predicted octanol–water partition coefficient (Wildman–Crippen LogP) is 1.73. The van der Waals surface area contributed by atoms with Crippen LogP contribution in [0.1, 0.15) is 34.1 Å². The van der Waals surface area contributed by atoms with Crippen molar-refractivity contribution in [3.05, 3.63) is 0 Å². The summed E-state index contributed by atoms with van der Waals surface area (Å²) in [5.74, 6) is 0.753. The second-order valence-electron chi connectivity index (χ2n) is 5.21. The van der Waals surface area contributed by atoms with Gasteiger partial charge in [-0.05, 0) is 34.0 Å².